The summed E-state index contributed by atoms with van der Waals surface area (Å²) in [4.78, 5) is 18.8. The van der Waals surface area contributed by atoms with Crippen LogP contribution in [0.5, 0.6) is 0 Å². The van der Waals surface area contributed by atoms with E-state index in [1.165, 1.54) is 0 Å². The normalized spacial score (nSPS) is 24.7. The summed E-state index contributed by atoms with van der Waals surface area (Å²) in [5, 5.41) is 3.86. The van der Waals surface area contributed by atoms with Crippen LogP contribution in [0, 0.1) is 5.92 Å². The summed E-state index contributed by atoms with van der Waals surface area (Å²) in [6.45, 7) is 1.40. The van der Waals surface area contributed by atoms with Crippen LogP contribution < -0.4 is 0 Å². The van der Waals surface area contributed by atoms with Gasteiger partial charge in [0.15, 0.2) is 6.10 Å². The molecule has 2 aliphatic heterocycles. The zero-order valence-corrected chi connectivity index (χ0v) is 11.7. The number of likely N-dealkylation sites (tertiary alicyclic amines) is 1. The number of oxime groups is 1. The van der Waals surface area contributed by atoms with Gasteiger partial charge in [-0.15, -0.1) is 0 Å². The molecule has 2 aliphatic rings. The van der Waals surface area contributed by atoms with Crippen molar-refractivity contribution in [1.29, 1.82) is 0 Å². The van der Waals surface area contributed by atoms with E-state index < -0.39 is 0 Å². The molecule has 0 saturated carbocycles. The number of carbonyl (C=O) groups is 1. The number of ether oxygens (including phenoxy) is 1. The van der Waals surface area contributed by atoms with Crippen LogP contribution in [0.4, 0.5) is 4.79 Å². The van der Waals surface area contributed by atoms with E-state index in [1.807, 2.05) is 30.3 Å². The van der Waals surface area contributed by atoms with E-state index in [-0.39, 0.29) is 18.1 Å². The molecule has 1 fully saturated rings. The maximum Gasteiger partial charge on any atom is 0.410 e. The predicted molar refractivity (Wildman–Crippen MR) is 72.9 cm³/mol. The average Bonchev–Trinajstić information content (AvgIpc) is 3.00. The second-order valence-electron chi connectivity index (χ2n) is 4.61. The molecular weight excluding hydrogens is 312 g/mol. The van der Waals surface area contributed by atoms with Crippen molar-refractivity contribution >= 4 is 26.6 Å². The van der Waals surface area contributed by atoms with E-state index in [4.69, 9.17) is 9.57 Å². The minimum absolute atomic E-state index is 0.0429. The highest BCUT2D eigenvalue weighted by atomic mass is 79.9. The number of hydrogen-bond acceptors (Lipinski definition) is 4. The van der Waals surface area contributed by atoms with Crippen LogP contribution in [0.25, 0.3) is 0 Å². The summed E-state index contributed by atoms with van der Waals surface area (Å²) < 4.78 is 6.06. The molecule has 5 nitrogen and oxygen atoms in total. The number of fused-ring (bicyclic) bond motifs is 1. The molecule has 3 rings (SSSR count). The third kappa shape index (κ3) is 2.58. The molecule has 1 aromatic rings. The lowest BCUT2D eigenvalue weighted by atomic mass is 10.1. The molecule has 0 bridgehead atoms. The van der Waals surface area contributed by atoms with Crippen molar-refractivity contribution in [1.82, 2.24) is 4.90 Å². The van der Waals surface area contributed by atoms with Gasteiger partial charge in [0.1, 0.15) is 11.2 Å². The molecule has 1 saturated heterocycles. The zero-order valence-electron chi connectivity index (χ0n) is 10.2. The zero-order chi connectivity index (χ0) is 13.2. The van der Waals surface area contributed by atoms with Gasteiger partial charge in [-0.05, 0) is 21.5 Å². The fraction of sp³-hybridized carbons (Fsp3) is 0.385. The Balaban J connectivity index is 1.53. The fourth-order valence-electron chi connectivity index (χ4n) is 2.25. The Kier molecular flexibility index (Phi) is 3.42. The first kappa shape index (κ1) is 12.5. The van der Waals surface area contributed by atoms with Crippen LogP contribution in [0.3, 0.4) is 0 Å². The molecule has 19 heavy (non-hydrogen) atoms. The van der Waals surface area contributed by atoms with Gasteiger partial charge < -0.3 is 14.5 Å². The van der Waals surface area contributed by atoms with Crippen molar-refractivity contribution < 1.29 is 14.4 Å². The predicted octanol–water partition coefficient (Wildman–Crippen LogP) is 2.36. The van der Waals surface area contributed by atoms with E-state index in [9.17, 15) is 4.79 Å². The van der Waals surface area contributed by atoms with Crippen LogP contribution in [0.1, 0.15) is 5.56 Å². The van der Waals surface area contributed by atoms with Crippen LogP contribution in [0.2, 0.25) is 0 Å². The summed E-state index contributed by atoms with van der Waals surface area (Å²) in [7, 11) is 0. The first-order valence-corrected chi connectivity index (χ1v) is 6.88. The van der Waals surface area contributed by atoms with Gasteiger partial charge >= 0.3 is 6.09 Å². The maximum absolute atomic E-state index is 11.9. The van der Waals surface area contributed by atoms with Crippen LogP contribution in [-0.4, -0.2) is 34.8 Å². The smallest absolute Gasteiger partial charge is 0.410 e. The molecule has 0 N–H and O–H groups in total. The number of carbonyl (C=O) groups excluding carboxylic acids is 1. The number of rotatable bonds is 2. The van der Waals surface area contributed by atoms with Crippen LogP contribution in [0.15, 0.2) is 35.5 Å². The minimum Gasteiger partial charge on any atom is -0.445 e. The van der Waals surface area contributed by atoms with E-state index in [0.717, 1.165) is 10.2 Å². The molecule has 1 amide bonds. The van der Waals surface area contributed by atoms with Gasteiger partial charge in [0.05, 0.1) is 12.5 Å². The standard InChI is InChI=1S/C13H13BrN2O3/c14-12-10-6-16(7-11(10)19-15-12)13(17)18-8-9-4-2-1-3-5-9/h1-5,10-11H,6-8H2/t10-,11+/m0/s1. The number of hydrogen-bond donors (Lipinski definition) is 0. The molecule has 1 aromatic carbocycles. The second-order valence-corrected chi connectivity index (χ2v) is 5.42. The molecule has 0 spiro atoms. The SMILES string of the molecule is O=C(OCc1ccccc1)N1C[C@@H]2C(Br)=NO[C@@H]2C1. The lowest BCUT2D eigenvalue weighted by Gasteiger charge is -2.16. The number of halogens is 1. The largest absolute Gasteiger partial charge is 0.445 e. The van der Waals surface area contributed by atoms with Gasteiger partial charge in [-0.3, -0.25) is 0 Å². The fourth-order valence-corrected chi connectivity index (χ4v) is 2.78. The Morgan fingerprint density at radius 2 is 2.21 bits per heavy atom. The Labute approximate surface area is 119 Å². The van der Waals surface area contributed by atoms with Gasteiger partial charge in [0, 0.05) is 6.54 Å². The van der Waals surface area contributed by atoms with E-state index >= 15 is 0 Å². The molecule has 2 atom stereocenters. The number of amides is 1. The Hall–Kier alpha value is -1.56. The third-order valence-electron chi connectivity index (χ3n) is 3.31. The van der Waals surface area contributed by atoms with Crippen LogP contribution in [-0.2, 0) is 16.2 Å². The molecule has 0 aliphatic carbocycles. The summed E-state index contributed by atoms with van der Waals surface area (Å²) in [6, 6.07) is 9.63. The lowest BCUT2D eigenvalue weighted by molar-refractivity contribution is 0.0664. The highest BCUT2D eigenvalue weighted by molar-refractivity contribution is 9.18. The van der Waals surface area contributed by atoms with Gasteiger partial charge in [-0.1, -0.05) is 35.5 Å². The van der Waals surface area contributed by atoms with Crippen molar-refractivity contribution in [3.05, 3.63) is 35.9 Å². The summed E-state index contributed by atoms with van der Waals surface area (Å²) in [5.41, 5.74) is 0.981. The highest BCUT2D eigenvalue weighted by Crippen LogP contribution is 2.29. The van der Waals surface area contributed by atoms with E-state index in [0.29, 0.717) is 19.7 Å². The Morgan fingerprint density at radius 3 is 2.95 bits per heavy atom. The monoisotopic (exact) mass is 324 g/mol. The average molecular weight is 325 g/mol. The van der Waals surface area contributed by atoms with Crippen molar-refractivity contribution in [2.24, 2.45) is 11.1 Å². The minimum atomic E-state index is -0.304. The maximum atomic E-state index is 11.9. The quantitative estimate of drug-likeness (QED) is 0.839. The summed E-state index contributed by atoms with van der Waals surface area (Å²) in [6.07, 6.45) is -0.346. The first-order valence-electron chi connectivity index (χ1n) is 6.09. The summed E-state index contributed by atoms with van der Waals surface area (Å²) in [5.74, 6) is 0.143. The third-order valence-corrected chi connectivity index (χ3v) is 4.04. The van der Waals surface area contributed by atoms with E-state index in [1.54, 1.807) is 4.90 Å². The van der Waals surface area contributed by atoms with Crippen LogP contribution >= 0.6 is 15.9 Å². The second kappa shape index (κ2) is 5.21. The summed E-state index contributed by atoms with van der Waals surface area (Å²) >= 11 is 3.34. The Bertz CT molecular complexity index is 506. The first-order chi connectivity index (χ1) is 9.24. The molecule has 2 heterocycles. The molecule has 0 aromatic heterocycles. The van der Waals surface area contributed by atoms with Crippen molar-refractivity contribution in [2.75, 3.05) is 13.1 Å². The van der Waals surface area contributed by atoms with Gasteiger partial charge in [-0.2, -0.15) is 0 Å². The molecule has 0 radical (unpaired) electrons. The van der Waals surface area contributed by atoms with Crippen molar-refractivity contribution in [3.8, 4) is 0 Å². The topological polar surface area (TPSA) is 51.1 Å². The number of nitrogens with zero attached hydrogens (tertiary/aromatic N) is 2. The molecule has 0 unspecified atom stereocenters. The Morgan fingerprint density at radius 1 is 1.42 bits per heavy atom. The van der Waals surface area contributed by atoms with Gasteiger partial charge in [0.25, 0.3) is 0 Å². The number of benzene rings is 1. The lowest BCUT2D eigenvalue weighted by Crippen LogP contribution is -2.30. The van der Waals surface area contributed by atoms with Crippen molar-refractivity contribution in [2.45, 2.75) is 12.7 Å². The van der Waals surface area contributed by atoms with Gasteiger partial charge in [-0.25, -0.2) is 4.79 Å². The molecule has 6 heteroatoms. The van der Waals surface area contributed by atoms with Gasteiger partial charge in [0.2, 0.25) is 0 Å². The molecule has 100 valence electrons. The molecular formula is C13H13BrN2O3. The highest BCUT2D eigenvalue weighted by Gasteiger charge is 2.43. The van der Waals surface area contributed by atoms with E-state index in [2.05, 4.69) is 21.1 Å². The van der Waals surface area contributed by atoms with Crippen molar-refractivity contribution in [3.63, 3.8) is 0 Å².